The van der Waals surface area contributed by atoms with Gasteiger partial charge in [-0.15, -0.1) is 26.3 Å². The van der Waals surface area contributed by atoms with Crippen LogP contribution in [0, 0.1) is 37.3 Å². The van der Waals surface area contributed by atoms with Gasteiger partial charge in [-0.25, -0.2) is 8.78 Å². The number of piperidine rings is 1. The van der Waals surface area contributed by atoms with Crippen molar-refractivity contribution in [3.8, 4) is 0 Å². The van der Waals surface area contributed by atoms with Gasteiger partial charge in [0, 0.05) is 50.0 Å². The number of hydrogen-bond donors (Lipinski definition) is 1. The fourth-order valence-electron chi connectivity index (χ4n) is 9.42. The Morgan fingerprint density at radius 2 is 1.48 bits per heavy atom. The molecule has 4 aromatic rings. The van der Waals surface area contributed by atoms with Crippen LogP contribution in [0.5, 0.6) is 0 Å². The van der Waals surface area contributed by atoms with Gasteiger partial charge in [0.15, 0.2) is 0 Å². The van der Waals surface area contributed by atoms with Crippen molar-refractivity contribution in [2.24, 2.45) is 11.8 Å². The SMILES string of the molecule is C=C.C=C.CC.CCCc1cc(NCCN(CC)CC2CCN(c3ccc(C4c5ccc(C)cc5CCC4c4cc(F)c(C)cc4F)cc3)CC2)ccc1CC(C)CCC. The molecule has 0 spiro atoms. The molecule has 0 saturated carbocycles. The Morgan fingerprint density at radius 1 is 0.783 bits per heavy atom. The average Bonchev–Trinajstić information content (AvgIpc) is 3.27. The van der Waals surface area contributed by atoms with Crippen LogP contribution in [0.1, 0.15) is 136 Å². The zero-order valence-corrected chi connectivity index (χ0v) is 38.8. The van der Waals surface area contributed by atoms with E-state index in [-0.39, 0.29) is 23.5 Å². The summed E-state index contributed by atoms with van der Waals surface area (Å²) in [5.74, 6) is 0.689. The van der Waals surface area contributed by atoms with Crippen LogP contribution >= 0.6 is 0 Å². The molecule has 0 amide bonds. The zero-order chi connectivity index (χ0) is 44.2. The standard InChI is InChI=1S/C49H65F2N3.C2H6.2C2H4/c1-7-10-34(4)28-40-13-17-42(31-39(40)11-8-2)52-24-27-53(9-3)33-37-22-25-54(26-23-37)43-18-14-38(15-19-43)49-44-20-12-35(5)29-41(44)16-21-45(49)46-32-47(50)36(6)30-48(46)51;3*1-2/h12-15,17-20,29-32,34,37,45,49,52H,7-11,16,21-28,33H2,1-6H3;1-2H3;2*1-2H2. The smallest absolute Gasteiger partial charge is 0.127 e. The lowest BCUT2D eigenvalue weighted by atomic mass is 9.69. The van der Waals surface area contributed by atoms with Crippen LogP contribution in [0.25, 0.3) is 0 Å². The van der Waals surface area contributed by atoms with Gasteiger partial charge in [-0.2, -0.15) is 0 Å². The first kappa shape index (κ1) is 50.1. The van der Waals surface area contributed by atoms with Gasteiger partial charge in [0.25, 0.3) is 0 Å². The monoisotopic (exact) mass is 820 g/mol. The highest BCUT2D eigenvalue weighted by Crippen LogP contribution is 2.47. The lowest BCUT2D eigenvalue weighted by molar-refractivity contribution is 0.226. The highest BCUT2D eigenvalue weighted by molar-refractivity contribution is 5.53. The predicted octanol–water partition coefficient (Wildman–Crippen LogP) is 14.7. The van der Waals surface area contributed by atoms with Crippen LogP contribution in [0.4, 0.5) is 20.2 Å². The van der Waals surface area contributed by atoms with Gasteiger partial charge in [0.2, 0.25) is 0 Å². The summed E-state index contributed by atoms with van der Waals surface area (Å²) in [6.45, 7) is 35.4. The lowest BCUT2D eigenvalue weighted by Crippen LogP contribution is -2.40. The average molecular weight is 820 g/mol. The Morgan fingerprint density at radius 3 is 2.13 bits per heavy atom. The van der Waals surface area contributed by atoms with Crippen molar-refractivity contribution in [2.75, 3.05) is 49.5 Å². The fraction of sp³-hybridized carbons (Fsp3) is 0.491. The van der Waals surface area contributed by atoms with E-state index in [1.165, 1.54) is 95.4 Å². The van der Waals surface area contributed by atoms with Crippen molar-refractivity contribution < 1.29 is 8.78 Å². The van der Waals surface area contributed by atoms with E-state index >= 15 is 4.39 Å². The molecule has 1 heterocycles. The van der Waals surface area contributed by atoms with E-state index in [4.69, 9.17) is 0 Å². The number of hydrogen-bond acceptors (Lipinski definition) is 3. The van der Waals surface area contributed by atoms with Gasteiger partial charge >= 0.3 is 0 Å². The van der Waals surface area contributed by atoms with Crippen molar-refractivity contribution in [2.45, 2.75) is 125 Å². The van der Waals surface area contributed by atoms with Crippen LogP contribution in [0.2, 0.25) is 0 Å². The molecule has 4 aromatic carbocycles. The van der Waals surface area contributed by atoms with Crippen LogP contribution in [0.15, 0.2) is 99.1 Å². The van der Waals surface area contributed by atoms with E-state index in [0.29, 0.717) is 17.0 Å². The molecule has 2 aliphatic rings. The van der Waals surface area contributed by atoms with Gasteiger partial charge in [-0.1, -0.05) is 103 Å². The molecule has 328 valence electrons. The molecule has 60 heavy (non-hydrogen) atoms. The summed E-state index contributed by atoms with van der Waals surface area (Å²) in [7, 11) is 0. The number of fused-ring (bicyclic) bond motifs is 1. The number of rotatable bonds is 16. The summed E-state index contributed by atoms with van der Waals surface area (Å²) in [6.07, 6.45) is 10.1. The van der Waals surface area contributed by atoms with Gasteiger partial charge in [0.1, 0.15) is 11.6 Å². The van der Waals surface area contributed by atoms with Crippen molar-refractivity contribution in [3.63, 3.8) is 0 Å². The Hall–Kier alpha value is -4.22. The Bertz CT molecular complexity index is 1840. The van der Waals surface area contributed by atoms with Gasteiger partial charge in [0.05, 0.1) is 0 Å². The number of aryl methyl sites for hydroxylation is 4. The van der Waals surface area contributed by atoms with Crippen LogP contribution in [0.3, 0.4) is 0 Å². The third-order valence-electron chi connectivity index (χ3n) is 12.5. The number of likely N-dealkylation sites (N-methyl/N-ethyl adjacent to an activating group) is 1. The molecule has 3 atom stereocenters. The molecule has 1 aliphatic heterocycles. The maximum atomic E-state index is 15.4. The van der Waals surface area contributed by atoms with Gasteiger partial charge in [-0.05, 0) is 152 Å². The third kappa shape index (κ3) is 13.6. The summed E-state index contributed by atoms with van der Waals surface area (Å²) in [5.41, 5.74) is 11.4. The molecule has 1 fully saturated rings. The number of anilines is 2. The molecule has 1 N–H and O–H groups in total. The van der Waals surface area contributed by atoms with Crippen molar-refractivity contribution >= 4 is 11.4 Å². The molecule has 1 aliphatic carbocycles. The van der Waals surface area contributed by atoms with E-state index in [9.17, 15) is 4.39 Å². The first-order valence-corrected chi connectivity index (χ1v) is 23.1. The second kappa shape index (κ2) is 26.2. The summed E-state index contributed by atoms with van der Waals surface area (Å²) < 4.78 is 30.2. The molecule has 3 nitrogen and oxygen atoms in total. The van der Waals surface area contributed by atoms with Crippen molar-refractivity contribution in [1.82, 2.24) is 4.90 Å². The number of nitrogens with one attached hydrogen (secondary N) is 1. The van der Waals surface area contributed by atoms with E-state index in [1.807, 2.05) is 13.8 Å². The van der Waals surface area contributed by atoms with E-state index in [2.05, 4.69) is 137 Å². The molecular formula is C55H79F2N3. The van der Waals surface area contributed by atoms with E-state index < -0.39 is 0 Å². The van der Waals surface area contributed by atoms with Gasteiger partial charge in [-0.3, -0.25) is 0 Å². The fourth-order valence-corrected chi connectivity index (χ4v) is 9.42. The second-order valence-electron chi connectivity index (χ2n) is 16.6. The molecule has 3 unspecified atom stereocenters. The molecular weight excluding hydrogens is 741 g/mol. The summed E-state index contributed by atoms with van der Waals surface area (Å²) >= 11 is 0. The quantitative estimate of drug-likeness (QED) is 0.114. The number of nitrogens with zero attached hydrogens (tertiary/aromatic N) is 2. The zero-order valence-electron chi connectivity index (χ0n) is 38.8. The second-order valence-corrected chi connectivity index (χ2v) is 16.6. The molecule has 0 aromatic heterocycles. The molecule has 0 radical (unpaired) electrons. The maximum Gasteiger partial charge on any atom is 0.127 e. The Labute approximate surface area is 365 Å². The highest BCUT2D eigenvalue weighted by Gasteiger charge is 2.34. The molecule has 1 saturated heterocycles. The first-order chi connectivity index (χ1) is 29.2. The minimum absolute atomic E-state index is 0.0163. The molecule has 5 heteroatoms. The van der Waals surface area contributed by atoms with Crippen LogP contribution in [-0.4, -0.2) is 44.2 Å². The number of benzene rings is 4. The Balaban J connectivity index is 0.00000153. The summed E-state index contributed by atoms with van der Waals surface area (Å²) in [6, 6.07) is 25.6. The third-order valence-corrected chi connectivity index (χ3v) is 12.5. The van der Waals surface area contributed by atoms with Crippen molar-refractivity contribution in [1.29, 1.82) is 0 Å². The summed E-state index contributed by atoms with van der Waals surface area (Å²) in [5, 5.41) is 3.75. The minimum atomic E-state index is -0.327. The largest absolute Gasteiger partial charge is 0.384 e. The van der Waals surface area contributed by atoms with Crippen molar-refractivity contribution in [3.05, 3.63) is 155 Å². The summed E-state index contributed by atoms with van der Waals surface area (Å²) in [4.78, 5) is 5.15. The van der Waals surface area contributed by atoms with Gasteiger partial charge < -0.3 is 15.1 Å². The molecule has 6 rings (SSSR count). The maximum absolute atomic E-state index is 15.4. The van der Waals surface area contributed by atoms with E-state index in [1.54, 1.807) is 6.92 Å². The van der Waals surface area contributed by atoms with Crippen LogP contribution in [-0.2, 0) is 19.3 Å². The lowest BCUT2D eigenvalue weighted by Gasteiger charge is -2.37. The highest BCUT2D eigenvalue weighted by atomic mass is 19.1. The predicted molar refractivity (Wildman–Crippen MR) is 259 cm³/mol. The Kier molecular flexibility index (Phi) is 21.9. The van der Waals surface area contributed by atoms with E-state index in [0.717, 1.165) is 64.4 Å². The molecule has 0 bridgehead atoms. The minimum Gasteiger partial charge on any atom is -0.384 e. The number of halogens is 2. The first-order valence-electron chi connectivity index (χ1n) is 23.1. The topological polar surface area (TPSA) is 18.5 Å². The normalized spacial score (nSPS) is 16.6. The van der Waals surface area contributed by atoms with Crippen LogP contribution < -0.4 is 10.2 Å².